The second kappa shape index (κ2) is 6.79. The Hall–Kier alpha value is -2.49. The summed E-state index contributed by atoms with van der Waals surface area (Å²) in [6.07, 6.45) is 3.54. The van der Waals surface area contributed by atoms with Gasteiger partial charge in [0.2, 0.25) is 5.91 Å². The number of carbonyl (C=O) groups excluding carboxylic acids is 1. The first-order chi connectivity index (χ1) is 12.3. The van der Waals surface area contributed by atoms with Gasteiger partial charge in [0.1, 0.15) is 12.4 Å². The van der Waals surface area contributed by atoms with E-state index in [0.717, 1.165) is 37.4 Å². The van der Waals surface area contributed by atoms with Crippen LogP contribution in [0.4, 0.5) is 5.69 Å². The van der Waals surface area contributed by atoms with Crippen LogP contribution >= 0.6 is 0 Å². The van der Waals surface area contributed by atoms with Crippen molar-refractivity contribution in [1.82, 2.24) is 5.32 Å². The molecule has 1 aliphatic heterocycles. The van der Waals surface area contributed by atoms with Crippen LogP contribution in [-0.4, -0.2) is 32.1 Å². The molecule has 0 spiro atoms. The molecule has 4 heteroatoms. The fourth-order valence-corrected chi connectivity index (χ4v) is 3.85. The summed E-state index contributed by atoms with van der Waals surface area (Å²) in [5, 5.41) is 3.18. The summed E-state index contributed by atoms with van der Waals surface area (Å²) < 4.78 is 5.66. The van der Waals surface area contributed by atoms with Gasteiger partial charge in [0.15, 0.2) is 0 Å². The minimum atomic E-state index is 0.0823. The third kappa shape index (κ3) is 3.21. The Balaban J connectivity index is 1.39. The van der Waals surface area contributed by atoms with Gasteiger partial charge in [-0.05, 0) is 30.5 Å². The third-order valence-corrected chi connectivity index (χ3v) is 5.48. The van der Waals surface area contributed by atoms with Crippen LogP contribution in [0, 0.1) is 0 Å². The topological polar surface area (TPSA) is 41.6 Å². The highest BCUT2D eigenvalue weighted by atomic mass is 16.5. The fourth-order valence-electron chi connectivity index (χ4n) is 3.85. The van der Waals surface area contributed by atoms with E-state index in [-0.39, 0.29) is 11.3 Å². The van der Waals surface area contributed by atoms with E-state index in [9.17, 15) is 4.79 Å². The summed E-state index contributed by atoms with van der Waals surface area (Å²) in [6, 6.07) is 18.5. The number of fused-ring (bicyclic) bond motifs is 1. The van der Waals surface area contributed by atoms with E-state index >= 15 is 0 Å². The van der Waals surface area contributed by atoms with Crippen molar-refractivity contribution >= 4 is 11.6 Å². The molecule has 0 atom stereocenters. The molecule has 1 fully saturated rings. The van der Waals surface area contributed by atoms with Crippen molar-refractivity contribution in [3.63, 3.8) is 0 Å². The Morgan fingerprint density at radius 2 is 1.84 bits per heavy atom. The Morgan fingerprint density at radius 3 is 2.60 bits per heavy atom. The summed E-state index contributed by atoms with van der Waals surface area (Å²) in [5.41, 5.74) is 2.48. The molecule has 1 aliphatic carbocycles. The predicted octanol–water partition coefficient (Wildman–Crippen LogP) is 3.12. The first kappa shape index (κ1) is 16.0. The molecule has 0 saturated heterocycles. The van der Waals surface area contributed by atoms with Crippen molar-refractivity contribution in [1.29, 1.82) is 0 Å². The maximum absolute atomic E-state index is 12.5. The number of nitrogens with zero attached hydrogens (tertiary/aromatic N) is 1. The molecule has 0 bridgehead atoms. The number of hydrogen-bond donors (Lipinski definition) is 1. The number of rotatable bonds is 5. The Bertz CT molecular complexity index is 741. The van der Waals surface area contributed by atoms with Crippen LogP contribution in [0.2, 0.25) is 0 Å². The molecule has 0 unspecified atom stereocenters. The lowest BCUT2D eigenvalue weighted by molar-refractivity contribution is -0.120. The van der Waals surface area contributed by atoms with Gasteiger partial charge in [0.05, 0.1) is 18.8 Å². The highest BCUT2D eigenvalue weighted by molar-refractivity contribution is 5.82. The van der Waals surface area contributed by atoms with E-state index in [1.54, 1.807) is 0 Å². The second-order valence-electron chi connectivity index (χ2n) is 7.01. The number of nitrogens with one attached hydrogen (secondary N) is 1. The lowest BCUT2D eigenvalue weighted by atomic mass is 9.64. The van der Waals surface area contributed by atoms with Gasteiger partial charge >= 0.3 is 0 Å². The summed E-state index contributed by atoms with van der Waals surface area (Å²) in [6.45, 7) is 2.47. The van der Waals surface area contributed by atoms with Crippen LogP contribution in [-0.2, 0) is 10.2 Å². The minimum absolute atomic E-state index is 0.0823. The van der Waals surface area contributed by atoms with Crippen LogP contribution in [0.25, 0.3) is 0 Å². The predicted molar refractivity (Wildman–Crippen MR) is 99.1 cm³/mol. The van der Waals surface area contributed by atoms with Gasteiger partial charge in [-0.3, -0.25) is 4.79 Å². The maximum atomic E-state index is 12.5. The smallest absolute Gasteiger partial charge is 0.239 e. The van der Waals surface area contributed by atoms with Crippen LogP contribution in [0.3, 0.4) is 0 Å². The SMILES string of the molecule is O=C(CN1CCOc2ccccc21)NCC1(c2ccccc2)CCC1. The van der Waals surface area contributed by atoms with Crippen molar-refractivity contribution in [2.45, 2.75) is 24.7 Å². The fraction of sp³-hybridized carbons (Fsp3) is 0.381. The molecule has 1 amide bonds. The number of benzene rings is 2. The molecule has 2 aromatic rings. The molecule has 1 heterocycles. The van der Waals surface area contributed by atoms with Gasteiger partial charge < -0.3 is 15.0 Å². The van der Waals surface area contributed by atoms with Gasteiger partial charge in [0, 0.05) is 12.0 Å². The molecule has 2 aliphatic rings. The zero-order valence-electron chi connectivity index (χ0n) is 14.4. The standard InChI is InChI=1S/C21H24N2O2/c24-20(15-23-13-14-25-19-10-5-4-9-18(19)23)22-16-21(11-6-12-21)17-7-2-1-3-8-17/h1-5,7-10H,6,11-16H2,(H,22,24). The molecule has 1 saturated carbocycles. The van der Waals surface area contributed by atoms with Crippen LogP contribution in [0.5, 0.6) is 5.75 Å². The van der Waals surface area contributed by atoms with E-state index in [1.807, 2.05) is 30.3 Å². The number of carbonyl (C=O) groups is 1. The van der Waals surface area contributed by atoms with Gasteiger partial charge in [-0.25, -0.2) is 0 Å². The highest BCUT2D eigenvalue weighted by Gasteiger charge is 2.38. The average Bonchev–Trinajstić information content (AvgIpc) is 2.62. The molecule has 4 nitrogen and oxygen atoms in total. The molecule has 2 aromatic carbocycles. The average molecular weight is 336 g/mol. The number of para-hydroxylation sites is 2. The van der Waals surface area contributed by atoms with Crippen molar-refractivity contribution < 1.29 is 9.53 Å². The van der Waals surface area contributed by atoms with Crippen LogP contribution in [0.1, 0.15) is 24.8 Å². The number of amides is 1. The van der Waals surface area contributed by atoms with Crippen LogP contribution < -0.4 is 15.0 Å². The molecule has 0 radical (unpaired) electrons. The van der Waals surface area contributed by atoms with E-state index < -0.39 is 0 Å². The van der Waals surface area contributed by atoms with E-state index in [0.29, 0.717) is 13.2 Å². The van der Waals surface area contributed by atoms with Gasteiger partial charge in [-0.1, -0.05) is 48.9 Å². The number of ether oxygens (including phenoxy) is 1. The Kier molecular flexibility index (Phi) is 4.35. The quantitative estimate of drug-likeness (QED) is 0.912. The second-order valence-corrected chi connectivity index (χ2v) is 7.01. The lowest BCUT2D eigenvalue weighted by Gasteiger charge is -2.42. The van der Waals surface area contributed by atoms with E-state index in [4.69, 9.17) is 4.74 Å². The zero-order chi connectivity index (χ0) is 17.1. The maximum Gasteiger partial charge on any atom is 0.239 e. The molecule has 1 N–H and O–H groups in total. The number of anilines is 1. The summed E-state index contributed by atoms with van der Waals surface area (Å²) in [7, 11) is 0. The molecule has 0 aromatic heterocycles. The highest BCUT2D eigenvalue weighted by Crippen LogP contribution is 2.43. The lowest BCUT2D eigenvalue weighted by Crippen LogP contribution is -2.48. The van der Waals surface area contributed by atoms with Crippen LogP contribution in [0.15, 0.2) is 54.6 Å². The van der Waals surface area contributed by atoms with Gasteiger partial charge in [0.25, 0.3) is 0 Å². The Labute approximate surface area is 148 Å². The molecule has 4 rings (SSSR count). The first-order valence-electron chi connectivity index (χ1n) is 9.06. The number of hydrogen-bond acceptors (Lipinski definition) is 3. The van der Waals surface area contributed by atoms with Gasteiger partial charge in [-0.15, -0.1) is 0 Å². The third-order valence-electron chi connectivity index (χ3n) is 5.48. The minimum Gasteiger partial charge on any atom is -0.490 e. The Morgan fingerprint density at radius 1 is 1.08 bits per heavy atom. The van der Waals surface area contributed by atoms with Crippen molar-refractivity contribution in [2.24, 2.45) is 0 Å². The largest absolute Gasteiger partial charge is 0.490 e. The summed E-state index contributed by atoms with van der Waals surface area (Å²) in [4.78, 5) is 14.6. The summed E-state index contributed by atoms with van der Waals surface area (Å²) in [5.74, 6) is 0.945. The van der Waals surface area contributed by atoms with Gasteiger partial charge in [-0.2, -0.15) is 0 Å². The first-order valence-corrected chi connectivity index (χ1v) is 9.06. The monoisotopic (exact) mass is 336 g/mol. The molecule has 130 valence electrons. The normalized spacial score (nSPS) is 17.8. The van der Waals surface area contributed by atoms with E-state index in [1.165, 1.54) is 12.0 Å². The van der Waals surface area contributed by atoms with Crippen molar-refractivity contribution in [2.75, 3.05) is 31.1 Å². The molecule has 25 heavy (non-hydrogen) atoms. The van der Waals surface area contributed by atoms with Crippen molar-refractivity contribution in [3.05, 3.63) is 60.2 Å². The molecular formula is C21H24N2O2. The summed E-state index contributed by atoms with van der Waals surface area (Å²) >= 11 is 0. The van der Waals surface area contributed by atoms with Crippen molar-refractivity contribution in [3.8, 4) is 5.75 Å². The van der Waals surface area contributed by atoms with E-state index in [2.05, 4.69) is 34.5 Å². The molecular weight excluding hydrogens is 312 g/mol. The zero-order valence-corrected chi connectivity index (χ0v) is 14.4.